The van der Waals surface area contributed by atoms with Gasteiger partial charge in [-0.25, -0.2) is 0 Å². The van der Waals surface area contributed by atoms with Gasteiger partial charge in [-0.05, 0) is 25.8 Å². The largest absolute Gasteiger partial charge is 0.296 e. The summed E-state index contributed by atoms with van der Waals surface area (Å²) in [7, 11) is 0. The number of hydrogen-bond donors (Lipinski definition) is 0. The van der Waals surface area contributed by atoms with Gasteiger partial charge in [0.15, 0.2) is 0 Å². The lowest BCUT2D eigenvalue weighted by atomic mass is 10.1. The van der Waals surface area contributed by atoms with Crippen molar-refractivity contribution in [2.24, 2.45) is 0 Å². The van der Waals surface area contributed by atoms with Crippen molar-refractivity contribution in [3.8, 4) is 0 Å². The summed E-state index contributed by atoms with van der Waals surface area (Å²) >= 11 is 0. The van der Waals surface area contributed by atoms with Gasteiger partial charge in [-0.3, -0.25) is 4.90 Å². The monoisotopic (exact) mass is 159 g/mol. The lowest BCUT2D eigenvalue weighted by Crippen LogP contribution is -2.21. The van der Waals surface area contributed by atoms with Gasteiger partial charge in [-0.15, -0.1) is 0 Å². The highest BCUT2D eigenvalue weighted by molar-refractivity contribution is 5.14. The summed E-state index contributed by atoms with van der Waals surface area (Å²) in [6.07, 6.45) is 1.46. The third kappa shape index (κ3) is 1.18. The topological polar surface area (TPSA) is 3.24 Å². The van der Waals surface area contributed by atoms with Gasteiger partial charge in [0, 0.05) is 18.2 Å². The molecule has 2 heterocycles. The Labute approximate surface area is 64.7 Å². The van der Waals surface area contributed by atoms with Crippen LogP contribution in [0.1, 0.15) is 19.3 Å². The van der Waals surface area contributed by atoms with Gasteiger partial charge in [-0.1, -0.05) is 0 Å². The SMILES string of the molecule is FC(F)=C1C[C@H]2CCCN2C1. The second kappa shape index (κ2) is 2.55. The van der Waals surface area contributed by atoms with E-state index >= 15 is 0 Å². The van der Waals surface area contributed by atoms with E-state index in [1.165, 1.54) is 6.42 Å². The zero-order valence-electron chi connectivity index (χ0n) is 6.32. The first-order chi connectivity index (χ1) is 5.27. The summed E-state index contributed by atoms with van der Waals surface area (Å²) < 4.78 is 24.2. The molecule has 0 saturated carbocycles. The second-order valence-corrected chi connectivity index (χ2v) is 3.33. The zero-order valence-corrected chi connectivity index (χ0v) is 6.32. The number of hydrogen-bond acceptors (Lipinski definition) is 1. The van der Waals surface area contributed by atoms with Gasteiger partial charge in [0.2, 0.25) is 0 Å². The summed E-state index contributed by atoms with van der Waals surface area (Å²) in [6.45, 7) is 1.54. The average Bonchev–Trinajstić information content (AvgIpc) is 2.40. The Balaban J connectivity index is 2.11. The van der Waals surface area contributed by atoms with Crippen molar-refractivity contribution in [3.63, 3.8) is 0 Å². The van der Waals surface area contributed by atoms with Crippen LogP contribution in [0, 0.1) is 0 Å². The van der Waals surface area contributed by atoms with Crippen LogP contribution in [-0.2, 0) is 0 Å². The molecule has 2 aliphatic rings. The van der Waals surface area contributed by atoms with Crippen LogP contribution >= 0.6 is 0 Å². The van der Waals surface area contributed by atoms with E-state index in [0.29, 0.717) is 24.6 Å². The first kappa shape index (κ1) is 7.22. The molecule has 0 aliphatic carbocycles. The Hall–Kier alpha value is -0.440. The number of rotatable bonds is 0. The molecular formula is C8H11F2N. The van der Waals surface area contributed by atoms with E-state index in [-0.39, 0.29) is 0 Å². The molecule has 2 fully saturated rings. The summed E-state index contributed by atoms with van der Waals surface area (Å²) in [5.74, 6) is 0. The van der Waals surface area contributed by atoms with E-state index < -0.39 is 6.08 Å². The van der Waals surface area contributed by atoms with Crippen LogP contribution in [0.3, 0.4) is 0 Å². The Morgan fingerprint density at radius 1 is 1.45 bits per heavy atom. The molecule has 2 saturated heterocycles. The van der Waals surface area contributed by atoms with Crippen LogP contribution < -0.4 is 0 Å². The average molecular weight is 159 g/mol. The molecule has 0 aromatic carbocycles. The number of nitrogens with zero attached hydrogens (tertiary/aromatic N) is 1. The molecule has 0 bridgehead atoms. The maximum absolute atomic E-state index is 12.1. The fraction of sp³-hybridized carbons (Fsp3) is 0.750. The first-order valence-corrected chi connectivity index (χ1v) is 4.04. The van der Waals surface area contributed by atoms with Crippen LogP contribution in [0.25, 0.3) is 0 Å². The molecule has 0 aromatic heterocycles. The molecule has 1 atom stereocenters. The maximum Gasteiger partial charge on any atom is 0.270 e. The lowest BCUT2D eigenvalue weighted by Gasteiger charge is -2.11. The third-order valence-corrected chi connectivity index (χ3v) is 2.64. The molecule has 0 aromatic rings. The smallest absolute Gasteiger partial charge is 0.270 e. The van der Waals surface area contributed by atoms with Crippen molar-refractivity contribution in [2.75, 3.05) is 13.1 Å². The minimum Gasteiger partial charge on any atom is -0.296 e. The van der Waals surface area contributed by atoms with E-state index in [1.807, 2.05) is 0 Å². The minimum absolute atomic E-state index is 0.370. The molecule has 2 aliphatic heterocycles. The molecule has 11 heavy (non-hydrogen) atoms. The number of halogens is 2. The minimum atomic E-state index is -1.44. The van der Waals surface area contributed by atoms with Crippen molar-refractivity contribution in [1.82, 2.24) is 4.90 Å². The Kier molecular flexibility index (Phi) is 1.68. The van der Waals surface area contributed by atoms with Crippen LogP contribution in [-0.4, -0.2) is 24.0 Å². The number of fused-ring (bicyclic) bond motifs is 1. The van der Waals surface area contributed by atoms with E-state index in [2.05, 4.69) is 4.90 Å². The standard InChI is InChI=1S/C8H11F2N/c9-8(10)6-4-7-2-1-3-11(7)5-6/h7H,1-5H2/t7-/m1/s1. The van der Waals surface area contributed by atoms with E-state index in [9.17, 15) is 8.78 Å². The highest BCUT2D eigenvalue weighted by Crippen LogP contribution is 2.32. The molecule has 0 unspecified atom stereocenters. The van der Waals surface area contributed by atoms with Gasteiger partial charge in [0.25, 0.3) is 6.08 Å². The molecule has 0 spiro atoms. The summed E-state index contributed by atoms with van der Waals surface area (Å²) in [5.41, 5.74) is 0.370. The van der Waals surface area contributed by atoms with Crippen molar-refractivity contribution < 1.29 is 8.78 Å². The highest BCUT2D eigenvalue weighted by Gasteiger charge is 2.33. The van der Waals surface area contributed by atoms with Crippen molar-refractivity contribution >= 4 is 0 Å². The predicted molar refractivity (Wildman–Crippen MR) is 38.5 cm³/mol. The molecule has 0 amide bonds. The van der Waals surface area contributed by atoms with E-state index in [0.717, 1.165) is 13.0 Å². The molecule has 1 nitrogen and oxygen atoms in total. The van der Waals surface area contributed by atoms with Crippen molar-refractivity contribution in [2.45, 2.75) is 25.3 Å². The first-order valence-electron chi connectivity index (χ1n) is 4.04. The van der Waals surface area contributed by atoms with E-state index in [4.69, 9.17) is 0 Å². The van der Waals surface area contributed by atoms with Gasteiger partial charge in [0.1, 0.15) is 0 Å². The Morgan fingerprint density at radius 3 is 2.91 bits per heavy atom. The molecule has 3 heteroatoms. The van der Waals surface area contributed by atoms with Gasteiger partial charge >= 0.3 is 0 Å². The highest BCUT2D eigenvalue weighted by atomic mass is 19.3. The quantitative estimate of drug-likeness (QED) is 0.522. The molecule has 2 rings (SSSR count). The van der Waals surface area contributed by atoms with E-state index in [1.54, 1.807) is 0 Å². The molecule has 0 radical (unpaired) electrons. The molecule has 0 N–H and O–H groups in total. The Morgan fingerprint density at radius 2 is 2.27 bits per heavy atom. The predicted octanol–water partition coefficient (Wildman–Crippen LogP) is 2.01. The fourth-order valence-corrected chi connectivity index (χ4v) is 2.07. The van der Waals surface area contributed by atoms with Crippen molar-refractivity contribution in [3.05, 3.63) is 11.7 Å². The normalized spacial score (nSPS) is 31.1. The van der Waals surface area contributed by atoms with Crippen LogP contribution in [0.2, 0.25) is 0 Å². The van der Waals surface area contributed by atoms with Crippen LogP contribution in [0.4, 0.5) is 8.78 Å². The summed E-state index contributed by atoms with van der Waals surface area (Å²) in [4.78, 5) is 2.16. The summed E-state index contributed by atoms with van der Waals surface area (Å²) in [5, 5.41) is 0. The van der Waals surface area contributed by atoms with Crippen molar-refractivity contribution in [1.29, 1.82) is 0 Å². The molecule has 62 valence electrons. The fourth-order valence-electron chi connectivity index (χ4n) is 2.07. The Bertz CT molecular complexity index is 182. The van der Waals surface area contributed by atoms with Gasteiger partial charge < -0.3 is 0 Å². The summed E-state index contributed by atoms with van der Waals surface area (Å²) in [6, 6.07) is 0.437. The molecular weight excluding hydrogens is 148 g/mol. The zero-order chi connectivity index (χ0) is 7.84. The van der Waals surface area contributed by atoms with Crippen LogP contribution in [0.15, 0.2) is 11.7 Å². The maximum atomic E-state index is 12.1. The van der Waals surface area contributed by atoms with Gasteiger partial charge in [0.05, 0.1) is 0 Å². The van der Waals surface area contributed by atoms with Crippen LogP contribution in [0.5, 0.6) is 0 Å². The van der Waals surface area contributed by atoms with Gasteiger partial charge in [-0.2, -0.15) is 8.78 Å². The third-order valence-electron chi connectivity index (χ3n) is 2.64. The second-order valence-electron chi connectivity index (χ2n) is 3.33. The lowest BCUT2D eigenvalue weighted by molar-refractivity contribution is 0.326.